The van der Waals surface area contributed by atoms with Crippen LogP contribution < -0.4 is 0 Å². The third-order valence-corrected chi connectivity index (χ3v) is 3.98. The molecule has 7 nitrogen and oxygen atoms in total. The van der Waals surface area contributed by atoms with E-state index >= 15 is 0 Å². The van der Waals surface area contributed by atoms with E-state index in [2.05, 4.69) is 34.7 Å². The maximum absolute atomic E-state index is 11.9. The van der Waals surface area contributed by atoms with E-state index in [0.717, 1.165) is 10.9 Å². The summed E-state index contributed by atoms with van der Waals surface area (Å²) in [6.07, 6.45) is 1.85. The molecular formula is C18H19N5O2. The third kappa shape index (κ3) is 2.87. The van der Waals surface area contributed by atoms with Crippen molar-refractivity contribution >= 4 is 16.9 Å². The Morgan fingerprint density at radius 1 is 1.36 bits per heavy atom. The standard InChI is InChI=1S/C18H19N5O2/c1-5-25-18(24)17-12(4)20-23(21-17)14-6-7-16-15(8-14)13(9-19)10-22(16)11(2)3/h6-8,10-11H,5H2,1-4H3. The molecule has 0 unspecified atom stereocenters. The average Bonchev–Trinajstić information content (AvgIpc) is 3.15. The SMILES string of the molecule is CCOC(=O)c1nn(-c2ccc3c(c2)c(C#N)cn3C(C)C)nc1C. The van der Waals surface area contributed by atoms with Crippen molar-refractivity contribution in [1.29, 1.82) is 5.26 Å². The zero-order valence-electron chi connectivity index (χ0n) is 14.6. The summed E-state index contributed by atoms with van der Waals surface area (Å²) in [5, 5.41) is 18.8. The maximum Gasteiger partial charge on any atom is 0.360 e. The van der Waals surface area contributed by atoms with Crippen molar-refractivity contribution in [3.8, 4) is 11.8 Å². The van der Waals surface area contributed by atoms with Gasteiger partial charge in [-0.25, -0.2) is 4.79 Å². The van der Waals surface area contributed by atoms with Crippen LogP contribution in [0, 0.1) is 18.3 Å². The van der Waals surface area contributed by atoms with Gasteiger partial charge in [0.1, 0.15) is 6.07 Å². The number of hydrogen-bond acceptors (Lipinski definition) is 5. The van der Waals surface area contributed by atoms with Crippen LogP contribution in [0.15, 0.2) is 24.4 Å². The molecule has 1 aromatic carbocycles. The van der Waals surface area contributed by atoms with Crippen LogP contribution in [0.25, 0.3) is 16.6 Å². The molecule has 0 radical (unpaired) electrons. The Kier molecular flexibility index (Phi) is 4.28. The van der Waals surface area contributed by atoms with Crippen molar-refractivity contribution in [2.75, 3.05) is 6.61 Å². The molecule has 0 spiro atoms. The summed E-state index contributed by atoms with van der Waals surface area (Å²) >= 11 is 0. The Morgan fingerprint density at radius 2 is 2.12 bits per heavy atom. The van der Waals surface area contributed by atoms with E-state index in [9.17, 15) is 10.1 Å². The Morgan fingerprint density at radius 3 is 2.76 bits per heavy atom. The summed E-state index contributed by atoms with van der Waals surface area (Å²) in [6.45, 7) is 7.88. The number of carbonyl (C=O) groups excluding carboxylic acids is 1. The van der Waals surface area contributed by atoms with Gasteiger partial charge in [-0.3, -0.25) is 0 Å². The molecule has 128 valence electrons. The van der Waals surface area contributed by atoms with E-state index in [4.69, 9.17) is 4.74 Å². The molecule has 25 heavy (non-hydrogen) atoms. The van der Waals surface area contributed by atoms with Gasteiger partial charge in [0, 0.05) is 23.1 Å². The van der Waals surface area contributed by atoms with Gasteiger partial charge in [-0.15, -0.1) is 5.10 Å². The van der Waals surface area contributed by atoms with Crippen LogP contribution in [0.2, 0.25) is 0 Å². The molecule has 7 heteroatoms. The number of aryl methyl sites for hydroxylation is 1. The summed E-state index contributed by atoms with van der Waals surface area (Å²) in [5.74, 6) is -0.490. The lowest BCUT2D eigenvalue weighted by Gasteiger charge is -2.09. The molecule has 0 atom stereocenters. The highest BCUT2D eigenvalue weighted by molar-refractivity contribution is 5.89. The molecule has 0 amide bonds. The second kappa shape index (κ2) is 6.40. The fourth-order valence-electron chi connectivity index (χ4n) is 2.77. The Labute approximate surface area is 145 Å². The van der Waals surface area contributed by atoms with Crippen molar-refractivity contribution < 1.29 is 9.53 Å². The van der Waals surface area contributed by atoms with Crippen molar-refractivity contribution in [1.82, 2.24) is 19.6 Å². The normalized spacial score (nSPS) is 11.0. The number of benzene rings is 1. The zero-order chi connectivity index (χ0) is 18.1. The van der Waals surface area contributed by atoms with Gasteiger partial charge in [-0.2, -0.15) is 15.2 Å². The van der Waals surface area contributed by atoms with Gasteiger partial charge in [-0.1, -0.05) is 0 Å². The zero-order valence-corrected chi connectivity index (χ0v) is 14.6. The number of nitriles is 1. The van der Waals surface area contributed by atoms with E-state index in [0.29, 0.717) is 16.9 Å². The molecule has 0 fully saturated rings. The molecule has 2 heterocycles. The number of esters is 1. The van der Waals surface area contributed by atoms with Gasteiger partial charge in [0.15, 0.2) is 5.69 Å². The fourth-order valence-corrected chi connectivity index (χ4v) is 2.77. The second-order valence-corrected chi connectivity index (χ2v) is 6.00. The van der Waals surface area contributed by atoms with E-state index < -0.39 is 5.97 Å². The molecule has 3 aromatic rings. The second-order valence-electron chi connectivity index (χ2n) is 6.00. The summed E-state index contributed by atoms with van der Waals surface area (Å²) in [5.41, 5.74) is 2.95. The predicted octanol–water partition coefficient (Wildman–Crippen LogP) is 3.16. The van der Waals surface area contributed by atoms with Crippen LogP contribution in [-0.2, 0) is 4.74 Å². The third-order valence-electron chi connectivity index (χ3n) is 3.98. The minimum absolute atomic E-state index is 0.196. The van der Waals surface area contributed by atoms with Gasteiger partial charge in [0.2, 0.25) is 0 Å². The Bertz CT molecular complexity index is 991. The number of hydrogen-bond donors (Lipinski definition) is 0. The summed E-state index contributed by atoms with van der Waals surface area (Å²) in [4.78, 5) is 13.3. The van der Waals surface area contributed by atoms with Crippen LogP contribution in [0.3, 0.4) is 0 Å². The number of ether oxygens (including phenoxy) is 1. The number of carbonyl (C=O) groups is 1. The Hall–Kier alpha value is -3.14. The first-order valence-corrected chi connectivity index (χ1v) is 8.12. The highest BCUT2D eigenvalue weighted by Gasteiger charge is 2.18. The predicted molar refractivity (Wildman–Crippen MR) is 92.6 cm³/mol. The molecule has 0 N–H and O–H groups in total. The molecule has 0 saturated carbocycles. The number of rotatable bonds is 4. The minimum atomic E-state index is -0.490. The fraction of sp³-hybridized carbons (Fsp3) is 0.333. The number of fused-ring (bicyclic) bond motifs is 1. The molecule has 0 aliphatic heterocycles. The van der Waals surface area contributed by atoms with Crippen LogP contribution in [0.4, 0.5) is 0 Å². The van der Waals surface area contributed by atoms with Crippen molar-refractivity contribution in [3.63, 3.8) is 0 Å². The maximum atomic E-state index is 11.9. The lowest BCUT2D eigenvalue weighted by Crippen LogP contribution is -2.07. The Balaban J connectivity index is 2.10. The molecule has 2 aromatic heterocycles. The number of nitrogens with zero attached hydrogens (tertiary/aromatic N) is 5. The van der Waals surface area contributed by atoms with Crippen molar-refractivity contribution in [2.45, 2.75) is 33.7 Å². The van der Waals surface area contributed by atoms with E-state index in [1.165, 1.54) is 4.80 Å². The lowest BCUT2D eigenvalue weighted by molar-refractivity contribution is 0.0518. The van der Waals surface area contributed by atoms with Gasteiger partial charge in [-0.05, 0) is 45.9 Å². The van der Waals surface area contributed by atoms with Crippen LogP contribution in [0.5, 0.6) is 0 Å². The first kappa shape index (κ1) is 16.7. The quantitative estimate of drug-likeness (QED) is 0.683. The molecule has 0 saturated heterocycles. The largest absolute Gasteiger partial charge is 0.461 e. The van der Waals surface area contributed by atoms with Gasteiger partial charge < -0.3 is 9.30 Å². The van der Waals surface area contributed by atoms with Crippen LogP contribution >= 0.6 is 0 Å². The molecule has 0 aliphatic carbocycles. The van der Waals surface area contributed by atoms with E-state index in [-0.39, 0.29) is 18.3 Å². The highest BCUT2D eigenvalue weighted by Crippen LogP contribution is 2.26. The first-order chi connectivity index (χ1) is 12.0. The van der Waals surface area contributed by atoms with Crippen molar-refractivity contribution in [3.05, 3.63) is 41.3 Å². The van der Waals surface area contributed by atoms with E-state index in [1.807, 2.05) is 24.4 Å². The van der Waals surface area contributed by atoms with Crippen molar-refractivity contribution in [2.24, 2.45) is 0 Å². The minimum Gasteiger partial charge on any atom is -0.461 e. The molecule has 0 aliphatic rings. The summed E-state index contributed by atoms with van der Waals surface area (Å²) < 4.78 is 7.05. The molecular weight excluding hydrogens is 318 g/mol. The highest BCUT2D eigenvalue weighted by atomic mass is 16.5. The van der Waals surface area contributed by atoms with Gasteiger partial charge in [0.25, 0.3) is 0 Å². The molecule has 3 rings (SSSR count). The average molecular weight is 337 g/mol. The summed E-state index contributed by atoms with van der Waals surface area (Å²) in [6, 6.07) is 8.15. The molecule has 0 bridgehead atoms. The number of aromatic nitrogens is 4. The first-order valence-electron chi connectivity index (χ1n) is 8.12. The summed E-state index contributed by atoms with van der Waals surface area (Å²) in [7, 11) is 0. The smallest absolute Gasteiger partial charge is 0.360 e. The van der Waals surface area contributed by atoms with Crippen LogP contribution in [0.1, 0.15) is 48.6 Å². The lowest BCUT2D eigenvalue weighted by atomic mass is 10.1. The van der Waals surface area contributed by atoms with Crippen LogP contribution in [-0.4, -0.2) is 32.1 Å². The monoisotopic (exact) mass is 337 g/mol. The van der Waals surface area contributed by atoms with E-state index in [1.54, 1.807) is 13.8 Å². The topological polar surface area (TPSA) is 85.7 Å². The van der Waals surface area contributed by atoms with Gasteiger partial charge in [0.05, 0.1) is 23.6 Å². The van der Waals surface area contributed by atoms with Gasteiger partial charge >= 0.3 is 5.97 Å².